The van der Waals surface area contributed by atoms with Crippen LogP contribution in [0.1, 0.15) is 13.3 Å². The highest BCUT2D eigenvalue weighted by atomic mass is 127. The SMILES string of the molecule is CCS(=O)(=O)NCCCNC(=NC)NCCSc1ccccc1.I. The molecular formula is C15H27IN4O2S2. The highest BCUT2D eigenvalue weighted by Gasteiger charge is 2.04. The molecule has 6 nitrogen and oxygen atoms in total. The Balaban J connectivity index is 0.00000529. The monoisotopic (exact) mass is 486 g/mol. The fourth-order valence-electron chi connectivity index (χ4n) is 1.70. The molecule has 0 aliphatic heterocycles. The Kier molecular flexibility index (Phi) is 13.4. The van der Waals surface area contributed by atoms with Gasteiger partial charge in [-0.25, -0.2) is 13.1 Å². The molecule has 1 aromatic rings. The normalized spacial score (nSPS) is 11.7. The molecular weight excluding hydrogens is 459 g/mol. The van der Waals surface area contributed by atoms with Crippen molar-refractivity contribution in [2.75, 3.05) is 38.2 Å². The highest BCUT2D eigenvalue weighted by Crippen LogP contribution is 2.15. The molecule has 0 spiro atoms. The standard InChI is InChI=1S/C15H26N4O2S2.HI/c1-3-23(20,21)19-11-7-10-17-15(16-2)18-12-13-22-14-8-5-4-6-9-14;/h4-6,8-9,19H,3,7,10-13H2,1-2H3,(H2,16,17,18);1H. The van der Waals surface area contributed by atoms with Gasteiger partial charge in [-0.2, -0.15) is 0 Å². The second kappa shape index (κ2) is 13.7. The molecule has 24 heavy (non-hydrogen) atoms. The van der Waals surface area contributed by atoms with Crippen molar-refractivity contribution in [1.82, 2.24) is 15.4 Å². The number of hydrogen-bond donors (Lipinski definition) is 3. The lowest BCUT2D eigenvalue weighted by Gasteiger charge is -2.12. The molecule has 0 radical (unpaired) electrons. The third-order valence-corrected chi connectivity index (χ3v) is 5.40. The Bertz CT molecular complexity index is 568. The van der Waals surface area contributed by atoms with Gasteiger partial charge in [0.05, 0.1) is 5.75 Å². The second-order valence-electron chi connectivity index (χ2n) is 4.74. The number of nitrogens with one attached hydrogen (secondary N) is 3. The molecule has 0 fully saturated rings. The van der Waals surface area contributed by atoms with Crippen LogP contribution in [-0.4, -0.2) is 52.6 Å². The summed E-state index contributed by atoms with van der Waals surface area (Å²) in [7, 11) is -1.37. The van der Waals surface area contributed by atoms with E-state index in [1.165, 1.54) is 4.90 Å². The first-order valence-electron chi connectivity index (χ1n) is 7.67. The summed E-state index contributed by atoms with van der Waals surface area (Å²) in [6, 6.07) is 10.3. The van der Waals surface area contributed by atoms with E-state index in [2.05, 4.69) is 32.5 Å². The van der Waals surface area contributed by atoms with Crippen LogP contribution >= 0.6 is 35.7 Å². The fraction of sp³-hybridized carbons (Fsp3) is 0.533. The Hall–Kier alpha value is -0.520. The van der Waals surface area contributed by atoms with E-state index in [1.54, 1.807) is 25.7 Å². The summed E-state index contributed by atoms with van der Waals surface area (Å²) < 4.78 is 25.1. The van der Waals surface area contributed by atoms with Crippen LogP contribution in [0.3, 0.4) is 0 Å². The topological polar surface area (TPSA) is 82.6 Å². The summed E-state index contributed by atoms with van der Waals surface area (Å²) in [6.45, 7) is 3.53. The van der Waals surface area contributed by atoms with Crippen molar-refractivity contribution in [3.63, 3.8) is 0 Å². The number of aliphatic imine (C=N–C) groups is 1. The molecule has 0 unspecified atom stereocenters. The lowest BCUT2D eigenvalue weighted by atomic mass is 10.4. The van der Waals surface area contributed by atoms with Gasteiger partial charge in [-0.1, -0.05) is 18.2 Å². The van der Waals surface area contributed by atoms with Crippen LogP contribution in [0, 0.1) is 0 Å². The van der Waals surface area contributed by atoms with Crippen LogP contribution in [-0.2, 0) is 10.0 Å². The lowest BCUT2D eigenvalue weighted by molar-refractivity contribution is 0.579. The molecule has 0 aliphatic carbocycles. The Morgan fingerprint density at radius 3 is 2.42 bits per heavy atom. The average molecular weight is 486 g/mol. The zero-order valence-corrected chi connectivity index (χ0v) is 18.1. The Labute approximate surface area is 166 Å². The van der Waals surface area contributed by atoms with Crippen molar-refractivity contribution in [3.05, 3.63) is 30.3 Å². The fourth-order valence-corrected chi connectivity index (χ4v) is 3.15. The maximum Gasteiger partial charge on any atom is 0.211 e. The van der Waals surface area contributed by atoms with Gasteiger partial charge in [-0.05, 0) is 25.5 Å². The van der Waals surface area contributed by atoms with Crippen molar-refractivity contribution in [1.29, 1.82) is 0 Å². The van der Waals surface area contributed by atoms with Gasteiger partial charge in [0.25, 0.3) is 0 Å². The maximum atomic E-state index is 11.3. The van der Waals surface area contributed by atoms with Gasteiger partial charge in [-0.3, -0.25) is 4.99 Å². The summed E-state index contributed by atoms with van der Waals surface area (Å²) in [4.78, 5) is 5.39. The molecule has 0 heterocycles. The predicted molar refractivity (Wildman–Crippen MR) is 114 cm³/mol. The molecule has 3 N–H and O–H groups in total. The lowest BCUT2D eigenvalue weighted by Crippen LogP contribution is -2.39. The zero-order valence-electron chi connectivity index (χ0n) is 14.1. The first kappa shape index (κ1) is 23.5. The van der Waals surface area contributed by atoms with E-state index in [-0.39, 0.29) is 29.7 Å². The van der Waals surface area contributed by atoms with Gasteiger partial charge in [0.2, 0.25) is 10.0 Å². The molecule has 138 valence electrons. The average Bonchev–Trinajstić information content (AvgIpc) is 2.57. The Morgan fingerprint density at radius 1 is 1.12 bits per heavy atom. The van der Waals surface area contributed by atoms with Crippen LogP contribution in [0.15, 0.2) is 40.2 Å². The largest absolute Gasteiger partial charge is 0.356 e. The van der Waals surface area contributed by atoms with Crippen molar-refractivity contribution < 1.29 is 8.42 Å². The quantitative estimate of drug-likeness (QED) is 0.155. The molecule has 1 aromatic carbocycles. The van der Waals surface area contributed by atoms with Gasteiger partial charge in [0.15, 0.2) is 5.96 Å². The van der Waals surface area contributed by atoms with Crippen LogP contribution in [0.25, 0.3) is 0 Å². The first-order chi connectivity index (χ1) is 11.1. The minimum atomic E-state index is -3.10. The van der Waals surface area contributed by atoms with Gasteiger partial charge in [0.1, 0.15) is 0 Å². The summed E-state index contributed by atoms with van der Waals surface area (Å²) >= 11 is 1.79. The molecule has 0 atom stereocenters. The van der Waals surface area contributed by atoms with E-state index < -0.39 is 10.0 Å². The van der Waals surface area contributed by atoms with Crippen LogP contribution < -0.4 is 15.4 Å². The molecule has 0 saturated heterocycles. The number of hydrogen-bond acceptors (Lipinski definition) is 4. The smallest absolute Gasteiger partial charge is 0.211 e. The Morgan fingerprint density at radius 2 is 1.79 bits per heavy atom. The number of halogens is 1. The minimum Gasteiger partial charge on any atom is -0.356 e. The molecule has 0 saturated carbocycles. The van der Waals surface area contributed by atoms with Gasteiger partial charge < -0.3 is 10.6 Å². The summed E-state index contributed by atoms with van der Waals surface area (Å²) in [6.07, 6.45) is 0.707. The van der Waals surface area contributed by atoms with E-state index >= 15 is 0 Å². The van der Waals surface area contributed by atoms with Crippen molar-refractivity contribution in [2.45, 2.75) is 18.2 Å². The van der Waals surface area contributed by atoms with Gasteiger partial charge >= 0.3 is 0 Å². The van der Waals surface area contributed by atoms with E-state index in [4.69, 9.17) is 0 Å². The van der Waals surface area contributed by atoms with Crippen LogP contribution in [0.5, 0.6) is 0 Å². The maximum absolute atomic E-state index is 11.3. The van der Waals surface area contributed by atoms with Crippen molar-refractivity contribution in [3.8, 4) is 0 Å². The third-order valence-electron chi connectivity index (χ3n) is 2.98. The number of benzene rings is 1. The minimum absolute atomic E-state index is 0. The van der Waals surface area contributed by atoms with E-state index in [1.807, 2.05) is 18.2 Å². The van der Waals surface area contributed by atoms with Gasteiger partial charge in [-0.15, -0.1) is 35.7 Å². The van der Waals surface area contributed by atoms with E-state index in [0.29, 0.717) is 19.5 Å². The highest BCUT2D eigenvalue weighted by molar-refractivity contribution is 14.0. The third kappa shape index (κ3) is 11.1. The molecule has 1 rings (SSSR count). The molecule has 9 heteroatoms. The van der Waals surface area contributed by atoms with E-state index in [0.717, 1.165) is 18.3 Å². The summed E-state index contributed by atoms with van der Waals surface area (Å²) in [5.41, 5.74) is 0. The van der Waals surface area contributed by atoms with E-state index in [9.17, 15) is 8.42 Å². The second-order valence-corrected chi connectivity index (χ2v) is 8.00. The molecule has 0 aromatic heterocycles. The predicted octanol–water partition coefficient (Wildman–Crippen LogP) is 1.89. The van der Waals surface area contributed by atoms with Crippen molar-refractivity contribution in [2.24, 2.45) is 4.99 Å². The number of thioether (sulfide) groups is 1. The molecule has 0 bridgehead atoms. The van der Waals surface area contributed by atoms with Crippen LogP contribution in [0.2, 0.25) is 0 Å². The summed E-state index contributed by atoms with van der Waals surface area (Å²) in [5, 5.41) is 6.40. The number of sulfonamides is 1. The summed E-state index contributed by atoms with van der Waals surface area (Å²) in [5.74, 6) is 1.79. The number of nitrogens with zero attached hydrogens (tertiary/aromatic N) is 1. The van der Waals surface area contributed by atoms with Gasteiger partial charge in [0, 0.05) is 37.3 Å². The number of rotatable bonds is 10. The van der Waals surface area contributed by atoms with Crippen LogP contribution in [0.4, 0.5) is 0 Å². The first-order valence-corrected chi connectivity index (χ1v) is 10.3. The number of guanidine groups is 1. The zero-order chi connectivity index (χ0) is 17.0. The molecule has 0 amide bonds. The van der Waals surface area contributed by atoms with Crippen molar-refractivity contribution >= 4 is 51.7 Å². The molecule has 0 aliphatic rings.